The Kier molecular flexibility index (Phi) is 7.13. The molecule has 0 radical (unpaired) electrons. The molecule has 39 heavy (non-hydrogen) atoms. The van der Waals surface area contributed by atoms with E-state index in [1.54, 1.807) is 12.1 Å². The summed E-state index contributed by atoms with van der Waals surface area (Å²) in [7, 11) is 1.34. The topological polar surface area (TPSA) is 90.0 Å². The van der Waals surface area contributed by atoms with E-state index in [0.717, 1.165) is 28.2 Å². The van der Waals surface area contributed by atoms with Crippen molar-refractivity contribution in [2.45, 2.75) is 56.3 Å². The van der Waals surface area contributed by atoms with Crippen LogP contribution in [0.3, 0.4) is 0 Å². The second-order valence-corrected chi connectivity index (χ2v) is 11.0. The Bertz CT molecular complexity index is 1300. The number of rotatable bonds is 7. The highest BCUT2D eigenvalue weighted by molar-refractivity contribution is 5.98. The first kappa shape index (κ1) is 26.8. The summed E-state index contributed by atoms with van der Waals surface area (Å²) in [4.78, 5) is 54.2. The molecule has 8 nitrogen and oxygen atoms in total. The molecule has 1 N–H and O–H groups in total. The van der Waals surface area contributed by atoms with Crippen molar-refractivity contribution in [2.24, 2.45) is 0 Å². The van der Waals surface area contributed by atoms with E-state index in [-0.39, 0.29) is 49.6 Å². The fourth-order valence-corrected chi connectivity index (χ4v) is 5.42. The van der Waals surface area contributed by atoms with Gasteiger partial charge in [0.25, 0.3) is 0 Å². The lowest BCUT2D eigenvalue weighted by atomic mass is 9.92. The molecule has 2 heterocycles. The minimum absolute atomic E-state index is 0.0776. The molecule has 0 unspecified atom stereocenters. The maximum atomic E-state index is 15.2. The summed E-state index contributed by atoms with van der Waals surface area (Å²) in [5.74, 6) is -1.81. The Morgan fingerprint density at radius 1 is 1.10 bits per heavy atom. The number of likely N-dealkylation sites (tertiary alicyclic amines) is 1. The maximum absolute atomic E-state index is 15.2. The first-order valence-corrected chi connectivity index (χ1v) is 13.2. The van der Waals surface area contributed by atoms with E-state index in [1.165, 1.54) is 18.0 Å². The molecule has 206 valence electrons. The van der Waals surface area contributed by atoms with Crippen molar-refractivity contribution < 1.29 is 28.0 Å². The Hall–Kier alpha value is -3.82. The third-order valence-corrected chi connectivity index (χ3v) is 8.12. The highest BCUT2D eigenvalue weighted by atomic mass is 19.1. The zero-order chi connectivity index (χ0) is 27.9. The van der Waals surface area contributed by atoms with Gasteiger partial charge >= 0.3 is 6.03 Å². The van der Waals surface area contributed by atoms with Crippen LogP contribution in [0.2, 0.25) is 0 Å². The van der Waals surface area contributed by atoms with Crippen molar-refractivity contribution in [2.75, 3.05) is 26.7 Å². The molecular weight excluding hydrogens is 506 g/mol. The highest BCUT2D eigenvalue weighted by Crippen LogP contribution is 2.48. The summed E-state index contributed by atoms with van der Waals surface area (Å²) in [5, 5.41) is 2.92. The summed E-state index contributed by atoms with van der Waals surface area (Å²) in [6.45, 7) is 1.47. The third kappa shape index (κ3) is 5.37. The average molecular weight is 539 g/mol. The van der Waals surface area contributed by atoms with Crippen LogP contribution in [-0.4, -0.2) is 77.3 Å². The van der Waals surface area contributed by atoms with Gasteiger partial charge in [0, 0.05) is 26.4 Å². The van der Waals surface area contributed by atoms with Gasteiger partial charge in [-0.05, 0) is 41.0 Å². The lowest BCUT2D eigenvalue weighted by Gasteiger charge is -2.33. The fraction of sp³-hybridized carbons (Fsp3) is 0.448. The lowest BCUT2D eigenvalue weighted by molar-refractivity contribution is -0.140. The fourth-order valence-electron chi connectivity index (χ4n) is 5.42. The number of nitrogens with one attached hydrogen (secondary N) is 1. The Morgan fingerprint density at radius 3 is 2.49 bits per heavy atom. The predicted molar refractivity (Wildman–Crippen MR) is 139 cm³/mol. The van der Waals surface area contributed by atoms with E-state index < -0.39 is 36.1 Å². The van der Waals surface area contributed by atoms with Crippen molar-refractivity contribution in [3.05, 3.63) is 71.0 Å². The molecule has 5 rings (SSSR count). The number of hydrogen-bond donors (Lipinski definition) is 1. The summed E-state index contributed by atoms with van der Waals surface area (Å²) < 4.78 is 29.7. The van der Waals surface area contributed by atoms with Gasteiger partial charge in [-0.25, -0.2) is 13.6 Å². The molecule has 0 aromatic heterocycles. The first-order valence-electron chi connectivity index (χ1n) is 13.2. The molecule has 10 heteroatoms. The van der Waals surface area contributed by atoms with Crippen molar-refractivity contribution in [1.82, 2.24) is 20.0 Å². The molecule has 1 saturated carbocycles. The molecule has 5 amide bonds. The smallest absolute Gasteiger partial charge is 0.326 e. The van der Waals surface area contributed by atoms with Crippen molar-refractivity contribution in [3.63, 3.8) is 0 Å². The zero-order valence-corrected chi connectivity index (χ0v) is 22.0. The summed E-state index contributed by atoms with van der Waals surface area (Å²) in [6.07, 6.45) is 0.342. The number of urea groups is 1. The average Bonchev–Trinajstić information content (AvgIpc) is 3.54. The second-order valence-electron chi connectivity index (χ2n) is 11.0. The number of alkyl halides is 1. The van der Waals surface area contributed by atoms with Gasteiger partial charge in [-0.3, -0.25) is 19.3 Å². The van der Waals surface area contributed by atoms with Crippen LogP contribution in [0.15, 0.2) is 48.5 Å². The van der Waals surface area contributed by atoms with Gasteiger partial charge in [-0.2, -0.15) is 0 Å². The van der Waals surface area contributed by atoms with Gasteiger partial charge in [0.15, 0.2) is 0 Å². The minimum Gasteiger partial charge on any atom is -0.343 e. The normalized spacial score (nSPS) is 23.1. The largest absolute Gasteiger partial charge is 0.343 e. The van der Waals surface area contributed by atoms with Crippen molar-refractivity contribution in [1.29, 1.82) is 0 Å². The first-order chi connectivity index (χ1) is 18.6. The number of carbonyl (C=O) groups is 4. The zero-order valence-electron chi connectivity index (χ0n) is 22.0. The Balaban J connectivity index is 1.35. The SMILES string of the molecule is CN1C(=O)CCN(CC(=O)N2C[C@H](F)C[C@H]2C(=O)N[C@@H](c2ccccc2)c2ccc(C3(C)CC3)c(F)c2)C1=O. The monoisotopic (exact) mass is 538 g/mol. The summed E-state index contributed by atoms with van der Waals surface area (Å²) in [5.41, 5.74) is 1.75. The van der Waals surface area contributed by atoms with Crippen molar-refractivity contribution in [3.8, 4) is 0 Å². The quantitative estimate of drug-likeness (QED) is 0.586. The summed E-state index contributed by atoms with van der Waals surface area (Å²) in [6, 6.07) is 11.7. The summed E-state index contributed by atoms with van der Waals surface area (Å²) >= 11 is 0. The van der Waals surface area contributed by atoms with Gasteiger partial charge in [-0.15, -0.1) is 0 Å². The minimum atomic E-state index is -1.41. The lowest BCUT2D eigenvalue weighted by Crippen LogP contribution is -2.55. The molecule has 3 fully saturated rings. The standard InChI is InChI=1S/C29H32F2N4O4/c1-29(11-12-29)21-9-8-19(14-22(21)31)26(18-6-4-3-5-7-18)32-27(38)23-15-20(30)16-35(23)25(37)17-34-13-10-24(36)33(2)28(34)39/h3-9,14,20,23,26H,10-13,15-17H2,1-2H3,(H,32,38)/t20-,23+,26+/m1/s1. The van der Waals surface area contributed by atoms with Crippen LogP contribution < -0.4 is 5.32 Å². The number of nitrogens with zero attached hydrogens (tertiary/aromatic N) is 3. The van der Waals surface area contributed by atoms with Gasteiger partial charge in [0.05, 0.1) is 12.6 Å². The van der Waals surface area contributed by atoms with E-state index in [2.05, 4.69) is 5.32 Å². The van der Waals surface area contributed by atoms with E-state index >= 15 is 4.39 Å². The van der Waals surface area contributed by atoms with Crippen molar-refractivity contribution >= 4 is 23.8 Å². The number of hydrogen-bond acceptors (Lipinski definition) is 4. The molecule has 3 atom stereocenters. The number of carbonyl (C=O) groups excluding carboxylic acids is 4. The maximum Gasteiger partial charge on any atom is 0.326 e. The molecular formula is C29H32F2N4O4. The van der Waals surface area contributed by atoms with Crippen LogP contribution in [0, 0.1) is 5.82 Å². The van der Waals surface area contributed by atoms with Crippen LogP contribution in [0.1, 0.15) is 55.3 Å². The molecule has 0 bridgehead atoms. The Morgan fingerprint density at radius 2 is 1.82 bits per heavy atom. The second kappa shape index (κ2) is 10.4. The van der Waals surface area contributed by atoms with Crippen LogP contribution in [0.4, 0.5) is 13.6 Å². The molecule has 1 aliphatic carbocycles. The van der Waals surface area contributed by atoms with Crippen LogP contribution in [-0.2, 0) is 19.8 Å². The molecule has 0 spiro atoms. The van der Waals surface area contributed by atoms with E-state index in [0.29, 0.717) is 11.1 Å². The van der Waals surface area contributed by atoms with Gasteiger partial charge in [0.2, 0.25) is 17.7 Å². The number of amides is 5. The van der Waals surface area contributed by atoms with Crippen LogP contribution in [0.25, 0.3) is 0 Å². The highest BCUT2D eigenvalue weighted by Gasteiger charge is 2.43. The molecule has 2 aromatic rings. The number of imide groups is 1. The molecule has 3 aliphatic rings. The van der Waals surface area contributed by atoms with Gasteiger partial charge < -0.3 is 15.1 Å². The van der Waals surface area contributed by atoms with E-state index in [9.17, 15) is 23.6 Å². The third-order valence-electron chi connectivity index (χ3n) is 8.12. The Labute approximate surface area is 225 Å². The number of benzene rings is 2. The van der Waals surface area contributed by atoms with E-state index in [4.69, 9.17) is 0 Å². The molecule has 2 aliphatic heterocycles. The van der Waals surface area contributed by atoms with E-state index in [1.807, 2.05) is 37.3 Å². The number of halogens is 2. The predicted octanol–water partition coefficient (Wildman–Crippen LogP) is 3.31. The van der Waals surface area contributed by atoms with Crippen LogP contribution >= 0.6 is 0 Å². The van der Waals surface area contributed by atoms with Gasteiger partial charge in [0.1, 0.15) is 24.6 Å². The van der Waals surface area contributed by atoms with Gasteiger partial charge in [-0.1, -0.05) is 49.4 Å². The molecule has 2 aromatic carbocycles. The molecule has 2 saturated heterocycles. The van der Waals surface area contributed by atoms with Crippen LogP contribution in [0.5, 0.6) is 0 Å².